The fourth-order valence-electron chi connectivity index (χ4n) is 1.42. The highest BCUT2D eigenvalue weighted by Crippen LogP contribution is 2.14. The van der Waals surface area contributed by atoms with Crippen LogP contribution in [0.1, 0.15) is 33.6 Å². The highest BCUT2D eigenvalue weighted by atomic mass is 16.1. The lowest BCUT2D eigenvalue weighted by Gasteiger charge is -2.14. The van der Waals surface area contributed by atoms with E-state index >= 15 is 0 Å². The van der Waals surface area contributed by atoms with Gasteiger partial charge in [-0.1, -0.05) is 13.8 Å². The van der Waals surface area contributed by atoms with Gasteiger partial charge < -0.3 is 0 Å². The molecule has 1 rings (SSSR count). The van der Waals surface area contributed by atoms with Crippen LogP contribution in [0.3, 0.4) is 0 Å². The molecule has 0 bridgehead atoms. The largest absolute Gasteiger partial charge is 0.298 e. The molecule has 0 aromatic carbocycles. The molecule has 11 heavy (non-hydrogen) atoms. The van der Waals surface area contributed by atoms with Gasteiger partial charge in [0.15, 0.2) is 0 Å². The molecular formula is C9H19NO. The Labute approximate surface area is 69.6 Å². The SMILES string of the molecule is CC.CC(=O)C1CCCN1C. The topological polar surface area (TPSA) is 20.3 Å². The summed E-state index contributed by atoms with van der Waals surface area (Å²) >= 11 is 0. The summed E-state index contributed by atoms with van der Waals surface area (Å²) in [5.74, 6) is 0.315. The van der Waals surface area contributed by atoms with Crippen LogP contribution < -0.4 is 0 Å². The van der Waals surface area contributed by atoms with Gasteiger partial charge in [-0.2, -0.15) is 0 Å². The van der Waals surface area contributed by atoms with Gasteiger partial charge in [-0.3, -0.25) is 9.69 Å². The Hall–Kier alpha value is -0.370. The van der Waals surface area contributed by atoms with E-state index < -0.39 is 0 Å². The van der Waals surface area contributed by atoms with E-state index in [1.165, 1.54) is 6.42 Å². The first-order chi connectivity index (χ1) is 5.22. The lowest BCUT2D eigenvalue weighted by molar-refractivity contribution is -0.120. The van der Waals surface area contributed by atoms with E-state index in [-0.39, 0.29) is 6.04 Å². The lowest BCUT2D eigenvalue weighted by Crippen LogP contribution is -2.30. The highest BCUT2D eigenvalue weighted by Gasteiger charge is 2.23. The summed E-state index contributed by atoms with van der Waals surface area (Å²) in [6.07, 6.45) is 2.24. The molecular weight excluding hydrogens is 138 g/mol. The van der Waals surface area contributed by atoms with Crippen LogP contribution in [0.2, 0.25) is 0 Å². The fraction of sp³-hybridized carbons (Fsp3) is 0.889. The molecule has 1 unspecified atom stereocenters. The Kier molecular flexibility index (Phi) is 5.12. The van der Waals surface area contributed by atoms with Gasteiger partial charge in [0.2, 0.25) is 0 Å². The minimum absolute atomic E-state index is 0.227. The number of hydrogen-bond donors (Lipinski definition) is 0. The predicted octanol–water partition coefficient (Wildman–Crippen LogP) is 1.70. The van der Waals surface area contributed by atoms with Crippen LogP contribution in [-0.2, 0) is 4.79 Å². The van der Waals surface area contributed by atoms with Crippen molar-refractivity contribution in [1.82, 2.24) is 4.90 Å². The van der Waals surface area contributed by atoms with Gasteiger partial charge in [0.05, 0.1) is 6.04 Å². The maximum absolute atomic E-state index is 10.8. The molecule has 0 spiro atoms. The Morgan fingerprint density at radius 1 is 1.45 bits per heavy atom. The van der Waals surface area contributed by atoms with Crippen molar-refractivity contribution in [2.75, 3.05) is 13.6 Å². The third kappa shape index (κ3) is 3.02. The summed E-state index contributed by atoms with van der Waals surface area (Å²) < 4.78 is 0. The predicted molar refractivity (Wildman–Crippen MR) is 47.7 cm³/mol. The number of likely N-dealkylation sites (tertiary alicyclic amines) is 1. The molecule has 66 valence electrons. The molecule has 1 heterocycles. The van der Waals surface area contributed by atoms with Gasteiger partial charge in [-0.25, -0.2) is 0 Å². The molecule has 0 amide bonds. The fourth-order valence-corrected chi connectivity index (χ4v) is 1.42. The Balaban J connectivity index is 0.000000461. The van der Waals surface area contributed by atoms with Crippen molar-refractivity contribution >= 4 is 5.78 Å². The zero-order valence-corrected chi connectivity index (χ0v) is 8.05. The third-order valence-electron chi connectivity index (χ3n) is 1.99. The maximum atomic E-state index is 10.8. The molecule has 1 atom stereocenters. The van der Waals surface area contributed by atoms with Crippen LogP contribution in [0.5, 0.6) is 0 Å². The number of nitrogens with zero attached hydrogens (tertiary/aromatic N) is 1. The second-order valence-corrected chi connectivity index (χ2v) is 2.75. The summed E-state index contributed by atoms with van der Waals surface area (Å²) in [4.78, 5) is 12.9. The zero-order valence-electron chi connectivity index (χ0n) is 8.05. The molecule has 0 radical (unpaired) electrons. The number of hydrogen-bond acceptors (Lipinski definition) is 2. The first-order valence-electron chi connectivity index (χ1n) is 4.42. The molecule has 1 aliphatic heterocycles. The number of likely N-dealkylation sites (N-methyl/N-ethyl adjacent to an activating group) is 1. The van der Waals surface area contributed by atoms with E-state index in [9.17, 15) is 4.79 Å². The van der Waals surface area contributed by atoms with Gasteiger partial charge in [-0.05, 0) is 33.4 Å². The number of Topliss-reactive ketones (excluding diaryl/α,β-unsaturated/α-hetero) is 1. The maximum Gasteiger partial charge on any atom is 0.146 e. The summed E-state index contributed by atoms with van der Waals surface area (Å²) in [6, 6.07) is 0.227. The smallest absolute Gasteiger partial charge is 0.146 e. The van der Waals surface area contributed by atoms with E-state index in [4.69, 9.17) is 0 Å². The standard InChI is InChI=1S/C7H13NO.C2H6/c1-6(9)7-4-3-5-8(7)2;1-2/h7H,3-5H2,1-2H3;1-2H3. The summed E-state index contributed by atoms with van der Waals surface area (Å²) in [7, 11) is 2.01. The first kappa shape index (κ1) is 10.6. The highest BCUT2D eigenvalue weighted by molar-refractivity contribution is 5.81. The summed E-state index contributed by atoms with van der Waals surface area (Å²) in [5, 5.41) is 0. The van der Waals surface area contributed by atoms with Gasteiger partial charge in [0.1, 0.15) is 5.78 Å². The van der Waals surface area contributed by atoms with Crippen LogP contribution in [0.4, 0.5) is 0 Å². The minimum Gasteiger partial charge on any atom is -0.298 e. The van der Waals surface area contributed by atoms with Crippen molar-refractivity contribution in [3.63, 3.8) is 0 Å². The lowest BCUT2D eigenvalue weighted by atomic mass is 10.1. The third-order valence-corrected chi connectivity index (χ3v) is 1.99. The zero-order chi connectivity index (χ0) is 8.85. The van der Waals surface area contributed by atoms with E-state index in [0.717, 1.165) is 13.0 Å². The number of carbonyl (C=O) groups is 1. The van der Waals surface area contributed by atoms with Crippen LogP contribution in [0, 0.1) is 0 Å². The number of rotatable bonds is 1. The molecule has 1 fully saturated rings. The molecule has 2 heteroatoms. The molecule has 0 saturated carbocycles. The minimum atomic E-state index is 0.227. The van der Waals surface area contributed by atoms with Crippen LogP contribution in [0.15, 0.2) is 0 Å². The van der Waals surface area contributed by atoms with E-state index in [1.54, 1.807) is 6.92 Å². The molecule has 0 N–H and O–H groups in total. The molecule has 2 nitrogen and oxygen atoms in total. The van der Waals surface area contributed by atoms with Crippen LogP contribution in [-0.4, -0.2) is 30.3 Å². The quantitative estimate of drug-likeness (QED) is 0.577. The second kappa shape index (κ2) is 5.30. The average Bonchev–Trinajstić information content (AvgIpc) is 2.39. The van der Waals surface area contributed by atoms with Crippen molar-refractivity contribution in [3.8, 4) is 0 Å². The van der Waals surface area contributed by atoms with Crippen molar-refractivity contribution in [3.05, 3.63) is 0 Å². The molecule has 1 aliphatic rings. The van der Waals surface area contributed by atoms with Crippen molar-refractivity contribution < 1.29 is 4.79 Å². The van der Waals surface area contributed by atoms with Gasteiger partial charge in [0, 0.05) is 0 Å². The van der Waals surface area contributed by atoms with Gasteiger partial charge in [0.25, 0.3) is 0 Å². The van der Waals surface area contributed by atoms with Gasteiger partial charge in [-0.15, -0.1) is 0 Å². The molecule has 0 aromatic heterocycles. The van der Waals surface area contributed by atoms with Crippen molar-refractivity contribution in [2.24, 2.45) is 0 Å². The van der Waals surface area contributed by atoms with Gasteiger partial charge >= 0.3 is 0 Å². The Morgan fingerprint density at radius 3 is 2.18 bits per heavy atom. The summed E-state index contributed by atoms with van der Waals surface area (Å²) in [6.45, 7) is 6.76. The summed E-state index contributed by atoms with van der Waals surface area (Å²) in [5.41, 5.74) is 0. The molecule has 1 saturated heterocycles. The Morgan fingerprint density at radius 2 is 2.00 bits per heavy atom. The van der Waals surface area contributed by atoms with Crippen molar-refractivity contribution in [1.29, 1.82) is 0 Å². The molecule has 0 aliphatic carbocycles. The first-order valence-corrected chi connectivity index (χ1v) is 4.42. The Bertz CT molecular complexity index is 123. The van der Waals surface area contributed by atoms with Crippen LogP contribution in [0.25, 0.3) is 0 Å². The van der Waals surface area contributed by atoms with E-state index in [1.807, 2.05) is 20.9 Å². The molecule has 0 aromatic rings. The van der Waals surface area contributed by atoms with Crippen molar-refractivity contribution in [2.45, 2.75) is 39.7 Å². The van der Waals surface area contributed by atoms with E-state index in [0.29, 0.717) is 5.78 Å². The average molecular weight is 157 g/mol. The second-order valence-electron chi connectivity index (χ2n) is 2.75. The normalized spacial score (nSPS) is 24.2. The number of ketones is 1. The van der Waals surface area contributed by atoms with Crippen LogP contribution >= 0.6 is 0 Å². The number of carbonyl (C=O) groups excluding carboxylic acids is 1. The monoisotopic (exact) mass is 157 g/mol. The van der Waals surface area contributed by atoms with E-state index in [2.05, 4.69) is 4.90 Å².